The Kier molecular flexibility index (Phi) is 3.78. The molecule has 2 aromatic rings. The molecule has 3 nitrogen and oxygen atoms in total. The van der Waals surface area contributed by atoms with Crippen LogP contribution in [0.25, 0.3) is 0 Å². The van der Waals surface area contributed by atoms with Crippen molar-refractivity contribution in [3.8, 4) is 0 Å². The molecule has 0 spiro atoms. The number of aryl methyl sites for hydroxylation is 1. The maximum absolute atomic E-state index is 4.31. The van der Waals surface area contributed by atoms with Crippen LogP contribution in [0, 0.1) is 0 Å². The van der Waals surface area contributed by atoms with Crippen molar-refractivity contribution >= 4 is 27.3 Å². The van der Waals surface area contributed by atoms with E-state index in [2.05, 4.69) is 50.8 Å². The van der Waals surface area contributed by atoms with E-state index in [1.165, 1.54) is 10.6 Å². The van der Waals surface area contributed by atoms with Crippen molar-refractivity contribution < 1.29 is 0 Å². The molecule has 0 saturated heterocycles. The Morgan fingerprint density at radius 3 is 2.94 bits per heavy atom. The molecular weight excluding hydrogens is 286 g/mol. The topological polar surface area (TPSA) is 29.9 Å². The van der Waals surface area contributed by atoms with E-state index in [1.807, 2.05) is 17.9 Å². The molecule has 5 heteroatoms. The molecule has 0 bridgehead atoms. The van der Waals surface area contributed by atoms with Crippen LogP contribution in [0.1, 0.15) is 23.5 Å². The SMILES string of the molecule is CCn1nccc1C(NC)c1sccc1Br. The second-order valence-electron chi connectivity index (χ2n) is 3.43. The number of nitrogens with one attached hydrogen (secondary N) is 1. The van der Waals surface area contributed by atoms with Crippen molar-refractivity contribution in [1.29, 1.82) is 0 Å². The van der Waals surface area contributed by atoms with Crippen LogP contribution in [0.15, 0.2) is 28.2 Å². The summed E-state index contributed by atoms with van der Waals surface area (Å²) in [6.45, 7) is 3.00. The van der Waals surface area contributed by atoms with Gasteiger partial charge in [0.15, 0.2) is 0 Å². The predicted octanol–water partition coefficient (Wildman–Crippen LogP) is 3.04. The van der Waals surface area contributed by atoms with Crippen LogP contribution in [0.3, 0.4) is 0 Å². The molecule has 1 unspecified atom stereocenters. The van der Waals surface area contributed by atoms with Crippen molar-refractivity contribution in [3.05, 3.63) is 38.8 Å². The highest BCUT2D eigenvalue weighted by Crippen LogP contribution is 2.32. The largest absolute Gasteiger partial charge is 0.307 e. The van der Waals surface area contributed by atoms with Gasteiger partial charge in [0.2, 0.25) is 0 Å². The molecule has 86 valence electrons. The highest BCUT2D eigenvalue weighted by molar-refractivity contribution is 9.10. The minimum atomic E-state index is 0.205. The van der Waals surface area contributed by atoms with Crippen LogP contribution in [0.4, 0.5) is 0 Å². The molecule has 0 aliphatic carbocycles. The number of thiophene rings is 1. The predicted molar refractivity (Wildman–Crippen MR) is 70.8 cm³/mol. The van der Waals surface area contributed by atoms with Gasteiger partial charge in [-0.2, -0.15) is 5.10 Å². The molecule has 1 N–H and O–H groups in total. The minimum absolute atomic E-state index is 0.205. The summed E-state index contributed by atoms with van der Waals surface area (Å²) in [7, 11) is 1.98. The molecule has 0 saturated carbocycles. The monoisotopic (exact) mass is 299 g/mol. The highest BCUT2D eigenvalue weighted by Gasteiger charge is 2.19. The highest BCUT2D eigenvalue weighted by atomic mass is 79.9. The van der Waals surface area contributed by atoms with Gasteiger partial charge in [0.25, 0.3) is 0 Å². The third-order valence-corrected chi connectivity index (χ3v) is 4.48. The number of nitrogens with zero attached hydrogens (tertiary/aromatic N) is 2. The summed E-state index contributed by atoms with van der Waals surface area (Å²) in [5, 5.41) is 9.74. The molecule has 0 aliphatic rings. The third-order valence-electron chi connectivity index (χ3n) is 2.54. The molecule has 0 amide bonds. The first-order valence-electron chi connectivity index (χ1n) is 5.19. The second-order valence-corrected chi connectivity index (χ2v) is 5.23. The van der Waals surface area contributed by atoms with Gasteiger partial charge < -0.3 is 5.32 Å². The Hall–Kier alpha value is -0.650. The summed E-state index contributed by atoms with van der Waals surface area (Å²) < 4.78 is 3.17. The lowest BCUT2D eigenvalue weighted by atomic mass is 10.1. The number of hydrogen-bond acceptors (Lipinski definition) is 3. The standard InChI is InChI=1S/C11H14BrN3S/c1-3-15-9(4-6-14-15)10(13-2)11-8(12)5-7-16-11/h4-7,10,13H,3H2,1-2H3. The van der Waals surface area contributed by atoms with E-state index in [9.17, 15) is 0 Å². The first-order chi connectivity index (χ1) is 7.77. The summed E-state index contributed by atoms with van der Waals surface area (Å²) in [5.74, 6) is 0. The zero-order chi connectivity index (χ0) is 11.5. The lowest BCUT2D eigenvalue weighted by Crippen LogP contribution is -2.20. The normalized spacial score (nSPS) is 12.9. The van der Waals surface area contributed by atoms with Crippen molar-refractivity contribution in [1.82, 2.24) is 15.1 Å². The first-order valence-corrected chi connectivity index (χ1v) is 6.87. The molecule has 1 atom stereocenters. The fourth-order valence-electron chi connectivity index (χ4n) is 1.78. The Morgan fingerprint density at radius 2 is 2.38 bits per heavy atom. The van der Waals surface area contributed by atoms with Crippen LogP contribution < -0.4 is 5.32 Å². The lowest BCUT2D eigenvalue weighted by Gasteiger charge is -2.16. The van der Waals surface area contributed by atoms with Crippen LogP contribution in [-0.4, -0.2) is 16.8 Å². The second kappa shape index (κ2) is 5.12. The quantitative estimate of drug-likeness (QED) is 0.940. The Balaban J connectivity index is 2.40. The number of hydrogen-bond donors (Lipinski definition) is 1. The van der Waals surface area contributed by atoms with Crippen LogP contribution in [-0.2, 0) is 6.54 Å². The third kappa shape index (κ3) is 2.07. The maximum Gasteiger partial charge on any atom is 0.0850 e. The number of rotatable bonds is 4. The van der Waals surface area contributed by atoms with Gasteiger partial charge in [-0.15, -0.1) is 11.3 Å². The van der Waals surface area contributed by atoms with E-state index in [1.54, 1.807) is 11.3 Å². The van der Waals surface area contributed by atoms with Crippen molar-refractivity contribution in [2.75, 3.05) is 7.05 Å². The van der Waals surface area contributed by atoms with Gasteiger partial charge in [0, 0.05) is 22.1 Å². The van der Waals surface area contributed by atoms with E-state index in [4.69, 9.17) is 0 Å². The molecule has 0 aliphatic heterocycles. The van der Waals surface area contributed by atoms with Gasteiger partial charge in [-0.05, 0) is 47.4 Å². The summed E-state index contributed by atoms with van der Waals surface area (Å²) in [4.78, 5) is 1.29. The molecule has 0 radical (unpaired) electrons. The van der Waals surface area contributed by atoms with Gasteiger partial charge in [-0.3, -0.25) is 4.68 Å². The molecule has 2 aromatic heterocycles. The average Bonchev–Trinajstić information content (AvgIpc) is 2.90. The number of aromatic nitrogens is 2. The van der Waals surface area contributed by atoms with Crippen molar-refractivity contribution in [2.24, 2.45) is 0 Å². The van der Waals surface area contributed by atoms with Crippen molar-refractivity contribution in [3.63, 3.8) is 0 Å². The number of halogens is 1. The summed E-state index contributed by atoms with van der Waals surface area (Å²) in [6, 6.07) is 4.35. The minimum Gasteiger partial charge on any atom is -0.307 e. The van der Waals surface area contributed by atoms with Gasteiger partial charge in [-0.1, -0.05) is 0 Å². The summed E-state index contributed by atoms with van der Waals surface area (Å²) in [6.07, 6.45) is 1.85. The van der Waals surface area contributed by atoms with Gasteiger partial charge >= 0.3 is 0 Å². The van der Waals surface area contributed by atoms with E-state index in [-0.39, 0.29) is 6.04 Å². The van der Waals surface area contributed by atoms with Crippen LogP contribution in [0.2, 0.25) is 0 Å². The van der Waals surface area contributed by atoms with E-state index >= 15 is 0 Å². The smallest absolute Gasteiger partial charge is 0.0850 e. The van der Waals surface area contributed by atoms with Gasteiger partial charge in [-0.25, -0.2) is 0 Å². The van der Waals surface area contributed by atoms with Gasteiger partial charge in [0.1, 0.15) is 0 Å². The summed E-state index contributed by atoms with van der Waals surface area (Å²) in [5.41, 5.74) is 1.20. The molecule has 0 fully saturated rings. The van der Waals surface area contributed by atoms with E-state index in [0.717, 1.165) is 11.0 Å². The van der Waals surface area contributed by atoms with Crippen LogP contribution in [0.5, 0.6) is 0 Å². The van der Waals surface area contributed by atoms with E-state index < -0.39 is 0 Å². The summed E-state index contributed by atoms with van der Waals surface area (Å²) >= 11 is 5.33. The fraction of sp³-hybridized carbons (Fsp3) is 0.364. The Morgan fingerprint density at radius 1 is 1.56 bits per heavy atom. The molecule has 2 heterocycles. The zero-order valence-corrected chi connectivity index (χ0v) is 11.7. The maximum atomic E-state index is 4.31. The van der Waals surface area contributed by atoms with E-state index in [0.29, 0.717) is 0 Å². The molecule has 16 heavy (non-hydrogen) atoms. The lowest BCUT2D eigenvalue weighted by molar-refractivity contribution is 0.567. The average molecular weight is 300 g/mol. The fourth-order valence-corrected chi connectivity index (χ4v) is 3.50. The molecule has 0 aromatic carbocycles. The zero-order valence-electron chi connectivity index (χ0n) is 9.27. The van der Waals surface area contributed by atoms with Crippen LogP contribution >= 0.6 is 27.3 Å². The van der Waals surface area contributed by atoms with Gasteiger partial charge in [0.05, 0.1) is 11.7 Å². The Bertz CT molecular complexity index is 463. The molecule has 2 rings (SSSR count). The van der Waals surface area contributed by atoms with Crippen molar-refractivity contribution in [2.45, 2.75) is 19.5 Å². The Labute approximate surface area is 108 Å². The molecular formula is C11H14BrN3S. The first kappa shape index (κ1) is 11.8.